The number of nitrogens with zero attached hydrogens (tertiary/aromatic N) is 1. The number of carbonyl (C=O) groups is 1. The molecule has 6 heteroatoms. The van der Waals surface area contributed by atoms with Crippen LogP contribution in [-0.2, 0) is 9.53 Å². The number of aromatic nitrogens is 2. The molecule has 0 radical (unpaired) electrons. The summed E-state index contributed by atoms with van der Waals surface area (Å²) < 4.78 is 4.73. The first-order valence-corrected chi connectivity index (χ1v) is 7.70. The minimum absolute atomic E-state index is 0.140. The van der Waals surface area contributed by atoms with E-state index in [4.69, 9.17) is 10.5 Å². The number of fused-ring (bicyclic) bond motifs is 1. The third kappa shape index (κ3) is 3.77. The van der Waals surface area contributed by atoms with Gasteiger partial charge in [0.25, 0.3) is 0 Å². The fourth-order valence-electron chi connectivity index (χ4n) is 2.30. The molecule has 2 unspecified atom stereocenters. The number of carbonyl (C=O) groups excluding carboxylic acids is 1. The van der Waals surface area contributed by atoms with E-state index in [2.05, 4.69) is 16.0 Å². The summed E-state index contributed by atoms with van der Waals surface area (Å²) >= 11 is 1.58. The van der Waals surface area contributed by atoms with Crippen LogP contribution in [0.2, 0.25) is 0 Å². The van der Waals surface area contributed by atoms with Gasteiger partial charge in [-0.1, -0.05) is 24.8 Å². The van der Waals surface area contributed by atoms with Crippen molar-refractivity contribution in [2.24, 2.45) is 5.73 Å². The lowest BCUT2D eigenvalue weighted by atomic mass is 9.98. The van der Waals surface area contributed by atoms with Crippen LogP contribution in [0.1, 0.15) is 25.8 Å². The first-order chi connectivity index (χ1) is 9.81. The molecule has 0 aliphatic carbocycles. The van der Waals surface area contributed by atoms with Crippen molar-refractivity contribution in [1.82, 2.24) is 9.97 Å². The number of H-pyrrole nitrogens is 1. The molecule has 5 nitrogen and oxygen atoms in total. The maximum atomic E-state index is 11.6. The molecule has 1 aromatic carbocycles. The number of aryl methyl sites for hydroxylation is 1. The van der Waals surface area contributed by atoms with Crippen LogP contribution in [-0.4, -0.2) is 33.8 Å². The Balaban J connectivity index is 2.07. The third-order valence-corrected chi connectivity index (χ3v) is 4.28. The van der Waals surface area contributed by atoms with Gasteiger partial charge in [-0.15, -0.1) is 0 Å². The Morgan fingerprint density at radius 1 is 1.57 bits per heavy atom. The number of aromatic amines is 1. The van der Waals surface area contributed by atoms with Gasteiger partial charge in [-0.3, -0.25) is 4.79 Å². The van der Waals surface area contributed by atoms with Crippen LogP contribution < -0.4 is 5.73 Å². The quantitative estimate of drug-likeness (QED) is 0.655. The molecule has 0 saturated heterocycles. The number of thioether (sulfide) groups is 1. The highest BCUT2D eigenvalue weighted by molar-refractivity contribution is 7.99. The van der Waals surface area contributed by atoms with Gasteiger partial charge in [0, 0.05) is 5.25 Å². The molecule has 21 heavy (non-hydrogen) atoms. The van der Waals surface area contributed by atoms with E-state index in [-0.39, 0.29) is 5.25 Å². The molecule has 0 bridgehead atoms. The maximum Gasteiger partial charge on any atom is 0.325 e. The van der Waals surface area contributed by atoms with Crippen molar-refractivity contribution in [2.75, 3.05) is 7.11 Å². The number of ether oxygens (including phenoxy) is 1. The molecule has 2 atom stereocenters. The molecule has 0 aliphatic rings. The summed E-state index contributed by atoms with van der Waals surface area (Å²) in [5, 5.41) is 0.976. The second kappa shape index (κ2) is 6.07. The number of esters is 1. The van der Waals surface area contributed by atoms with Crippen molar-refractivity contribution < 1.29 is 9.53 Å². The molecule has 114 valence electrons. The second-order valence-electron chi connectivity index (χ2n) is 5.60. The van der Waals surface area contributed by atoms with E-state index in [0.717, 1.165) is 16.2 Å². The summed E-state index contributed by atoms with van der Waals surface area (Å²) in [6.45, 7) is 5.76. The van der Waals surface area contributed by atoms with Gasteiger partial charge >= 0.3 is 5.97 Å². The highest BCUT2D eigenvalue weighted by atomic mass is 32.2. The third-order valence-electron chi connectivity index (χ3n) is 3.29. The fourth-order valence-corrected chi connectivity index (χ4v) is 3.43. The Morgan fingerprint density at radius 3 is 2.95 bits per heavy atom. The van der Waals surface area contributed by atoms with E-state index < -0.39 is 11.5 Å². The van der Waals surface area contributed by atoms with Crippen molar-refractivity contribution in [3.05, 3.63) is 23.8 Å². The Bertz CT molecular complexity index is 651. The van der Waals surface area contributed by atoms with Gasteiger partial charge in [-0.05, 0) is 38.0 Å². The Hall–Kier alpha value is -1.53. The van der Waals surface area contributed by atoms with Gasteiger partial charge in [0.05, 0.1) is 18.1 Å². The van der Waals surface area contributed by atoms with Crippen molar-refractivity contribution >= 4 is 28.8 Å². The van der Waals surface area contributed by atoms with Crippen molar-refractivity contribution in [3.8, 4) is 0 Å². The largest absolute Gasteiger partial charge is 0.468 e. The van der Waals surface area contributed by atoms with Crippen LogP contribution in [0.15, 0.2) is 23.4 Å². The van der Waals surface area contributed by atoms with Gasteiger partial charge in [0.1, 0.15) is 5.54 Å². The molecule has 1 aromatic heterocycles. The minimum Gasteiger partial charge on any atom is -0.468 e. The lowest BCUT2D eigenvalue weighted by molar-refractivity contribution is -0.146. The molecule has 2 rings (SSSR count). The monoisotopic (exact) mass is 307 g/mol. The predicted molar refractivity (Wildman–Crippen MR) is 85.4 cm³/mol. The van der Waals surface area contributed by atoms with Crippen LogP contribution in [0.4, 0.5) is 0 Å². The number of rotatable bonds is 5. The lowest BCUT2D eigenvalue weighted by Gasteiger charge is -2.24. The van der Waals surface area contributed by atoms with Gasteiger partial charge < -0.3 is 15.5 Å². The standard InChI is InChI=1S/C15H21N3O2S/c1-9-5-6-11-12(7-9)18-14(17-11)21-10(2)8-15(3,16)13(19)20-4/h5-7,10H,8,16H2,1-4H3,(H,17,18). The number of hydrogen-bond donors (Lipinski definition) is 2. The SMILES string of the molecule is COC(=O)C(C)(N)CC(C)Sc1nc2ccc(C)cc2[nH]1. The Morgan fingerprint density at radius 2 is 2.29 bits per heavy atom. The van der Waals surface area contributed by atoms with Gasteiger partial charge in [-0.2, -0.15) is 0 Å². The van der Waals surface area contributed by atoms with E-state index in [9.17, 15) is 4.79 Å². The molecule has 0 saturated carbocycles. The van der Waals surface area contributed by atoms with E-state index in [0.29, 0.717) is 6.42 Å². The molecule has 3 N–H and O–H groups in total. The Kier molecular flexibility index (Phi) is 4.58. The normalized spacial score (nSPS) is 15.7. The number of imidazole rings is 1. The topological polar surface area (TPSA) is 81.0 Å². The maximum absolute atomic E-state index is 11.6. The van der Waals surface area contributed by atoms with E-state index >= 15 is 0 Å². The summed E-state index contributed by atoms with van der Waals surface area (Å²) in [4.78, 5) is 19.5. The second-order valence-corrected chi connectivity index (χ2v) is 7.03. The zero-order valence-electron chi connectivity index (χ0n) is 12.8. The highest BCUT2D eigenvalue weighted by Crippen LogP contribution is 2.28. The zero-order valence-corrected chi connectivity index (χ0v) is 13.6. The number of nitrogens with two attached hydrogens (primary N) is 1. The summed E-state index contributed by atoms with van der Waals surface area (Å²) in [5.41, 5.74) is 8.17. The number of nitrogens with one attached hydrogen (secondary N) is 1. The van der Waals surface area contributed by atoms with Gasteiger partial charge in [-0.25, -0.2) is 4.98 Å². The number of hydrogen-bond acceptors (Lipinski definition) is 5. The molecule has 2 aromatic rings. The lowest BCUT2D eigenvalue weighted by Crippen LogP contribution is -2.47. The summed E-state index contributed by atoms with van der Waals surface area (Å²) in [5.74, 6) is -0.393. The van der Waals surface area contributed by atoms with Gasteiger partial charge in [0.2, 0.25) is 0 Å². The van der Waals surface area contributed by atoms with Crippen molar-refractivity contribution in [2.45, 2.75) is 43.1 Å². The van der Waals surface area contributed by atoms with E-state index in [1.807, 2.05) is 26.0 Å². The van der Waals surface area contributed by atoms with Crippen LogP contribution in [0.25, 0.3) is 11.0 Å². The molecule has 1 heterocycles. The van der Waals surface area contributed by atoms with Crippen LogP contribution in [0, 0.1) is 6.92 Å². The number of benzene rings is 1. The molecule has 0 spiro atoms. The summed E-state index contributed by atoms with van der Waals surface area (Å²) in [6, 6.07) is 6.10. The van der Waals surface area contributed by atoms with Crippen LogP contribution >= 0.6 is 11.8 Å². The van der Waals surface area contributed by atoms with Crippen molar-refractivity contribution in [1.29, 1.82) is 0 Å². The minimum atomic E-state index is -0.982. The highest BCUT2D eigenvalue weighted by Gasteiger charge is 2.31. The smallest absolute Gasteiger partial charge is 0.325 e. The molecular weight excluding hydrogens is 286 g/mol. The van der Waals surface area contributed by atoms with Gasteiger partial charge in [0.15, 0.2) is 5.16 Å². The van der Waals surface area contributed by atoms with E-state index in [1.165, 1.54) is 12.7 Å². The van der Waals surface area contributed by atoms with Crippen LogP contribution in [0.3, 0.4) is 0 Å². The average Bonchev–Trinajstić information content (AvgIpc) is 2.77. The number of methoxy groups -OCH3 is 1. The summed E-state index contributed by atoms with van der Waals surface area (Å²) in [7, 11) is 1.35. The molecule has 0 amide bonds. The predicted octanol–water partition coefficient (Wildman–Crippen LogP) is 2.63. The van der Waals surface area contributed by atoms with E-state index in [1.54, 1.807) is 18.7 Å². The average molecular weight is 307 g/mol. The van der Waals surface area contributed by atoms with Crippen molar-refractivity contribution in [3.63, 3.8) is 0 Å². The Labute approximate surface area is 128 Å². The molecular formula is C15H21N3O2S. The van der Waals surface area contributed by atoms with Crippen LogP contribution in [0.5, 0.6) is 0 Å². The summed E-state index contributed by atoms with van der Waals surface area (Å²) in [6.07, 6.45) is 0.514. The zero-order chi connectivity index (χ0) is 15.6. The first kappa shape index (κ1) is 15.9. The fraction of sp³-hybridized carbons (Fsp3) is 0.467. The molecule has 0 aliphatic heterocycles. The first-order valence-electron chi connectivity index (χ1n) is 6.82. The molecule has 0 fully saturated rings.